The number of carbonyl (C=O) groups excluding carboxylic acids is 1. The van der Waals surface area contributed by atoms with Crippen LogP contribution in [0.5, 0.6) is 5.75 Å². The smallest absolute Gasteiger partial charge is 0.344 e. The molecule has 4 nitrogen and oxygen atoms in total. The molecule has 0 atom stereocenters. The molecular weight excluding hydrogens is 313 g/mol. The fourth-order valence-electron chi connectivity index (χ4n) is 1.35. The maximum atomic E-state index is 11.5. The lowest BCUT2D eigenvalue weighted by atomic mass is 10.1. The van der Waals surface area contributed by atoms with Crippen LogP contribution in [-0.2, 0) is 9.53 Å². The minimum atomic E-state index is -0.373. The molecule has 0 amide bonds. The first-order chi connectivity index (χ1) is 9.29. The van der Waals surface area contributed by atoms with Crippen molar-refractivity contribution in [1.29, 1.82) is 0 Å². The molecule has 120 valence electrons. The highest BCUT2D eigenvalue weighted by Crippen LogP contribution is 2.15. The van der Waals surface area contributed by atoms with Gasteiger partial charge in [0.1, 0.15) is 12.4 Å². The molecule has 21 heavy (non-hydrogen) atoms. The van der Waals surface area contributed by atoms with Gasteiger partial charge >= 0.3 is 5.97 Å². The molecule has 0 aromatic heterocycles. The molecule has 1 rings (SSSR count). The predicted octanol–water partition coefficient (Wildman–Crippen LogP) is 3.41. The summed E-state index contributed by atoms with van der Waals surface area (Å²) >= 11 is 5.76. The molecule has 0 aliphatic heterocycles. The summed E-state index contributed by atoms with van der Waals surface area (Å²) in [6, 6.07) is 6.84. The van der Waals surface area contributed by atoms with Gasteiger partial charge in [-0.15, -0.1) is 12.4 Å². The topological polar surface area (TPSA) is 38.8 Å². The molecule has 0 aliphatic carbocycles. The Morgan fingerprint density at radius 1 is 1.24 bits per heavy atom. The zero-order valence-electron chi connectivity index (χ0n) is 12.9. The summed E-state index contributed by atoms with van der Waals surface area (Å²) in [6.07, 6.45) is 0. The van der Waals surface area contributed by atoms with Crippen LogP contribution in [0.4, 0.5) is 0 Å². The molecule has 0 saturated heterocycles. The highest BCUT2D eigenvalue weighted by Gasteiger charge is 2.16. The quantitative estimate of drug-likeness (QED) is 0.746. The summed E-state index contributed by atoms with van der Waals surface area (Å²) in [5.74, 6) is 0.223. The standard InChI is InChI=1S/C15H22ClNO3.ClH/c1-15(2,3)17(4)9-10-19-14(18)11-20-13-7-5-12(16)6-8-13;/h5-8H,9-11H2,1-4H3;1H. The first kappa shape index (κ1) is 20.0. The van der Waals surface area contributed by atoms with E-state index < -0.39 is 0 Å². The van der Waals surface area contributed by atoms with Crippen molar-refractivity contribution in [2.45, 2.75) is 26.3 Å². The second-order valence-electron chi connectivity index (χ2n) is 5.56. The molecule has 6 heteroatoms. The number of halogens is 2. The molecule has 0 radical (unpaired) electrons. The van der Waals surface area contributed by atoms with E-state index in [2.05, 4.69) is 25.7 Å². The van der Waals surface area contributed by atoms with Gasteiger partial charge < -0.3 is 9.47 Å². The van der Waals surface area contributed by atoms with Crippen molar-refractivity contribution in [2.75, 3.05) is 26.8 Å². The van der Waals surface area contributed by atoms with Gasteiger partial charge in [0.15, 0.2) is 6.61 Å². The normalized spacial score (nSPS) is 11.0. The summed E-state index contributed by atoms with van der Waals surface area (Å²) in [7, 11) is 2.00. The fraction of sp³-hybridized carbons (Fsp3) is 0.533. The van der Waals surface area contributed by atoms with E-state index >= 15 is 0 Å². The van der Waals surface area contributed by atoms with Crippen LogP contribution < -0.4 is 4.74 Å². The van der Waals surface area contributed by atoms with E-state index in [1.165, 1.54) is 0 Å². The molecule has 0 aliphatic rings. The molecule has 0 N–H and O–H groups in total. The Labute approximate surface area is 137 Å². The molecule has 1 aromatic carbocycles. The highest BCUT2D eigenvalue weighted by atomic mass is 35.5. The van der Waals surface area contributed by atoms with Gasteiger partial charge in [0.25, 0.3) is 0 Å². The molecule has 1 aromatic rings. The van der Waals surface area contributed by atoms with E-state index in [0.29, 0.717) is 23.9 Å². The number of hydrogen-bond donors (Lipinski definition) is 0. The van der Waals surface area contributed by atoms with Crippen LogP contribution >= 0.6 is 24.0 Å². The third kappa shape index (κ3) is 8.15. The summed E-state index contributed by atoms with van der Waals surface area (Å²) in [5.41, 5.74) is 0.0617. The Kier molecular flexibility index (Phi) is 8.71. The minimum Gasteiger partial charge on any atom is -0.482 e. The van der Waals surface area contributed by atoms with Crippen LogP contribution in [0.25, 0.3) is 0 Å². The van der Waals surface area contributed by atoms with Crippen molar-refractivity contribution >= 4 is 30.0 Å². The second kappa shape index (κ2) is 9.13. The lowest BCUT2D eigenvalue weighted by Gasteiger charge is -2.31. The molecule has 0 bridgehead atoms. The number of carbonyl (C=O) groups is 1. The van der Waals surface area contributed by atoms with Crippen LogP contribution in [0.15, 0.2) is 24.3 Å². The first-order valence-corrected chi connectivity index (χ1v) is 6.92. The molecule has 0 unspecified atom stereocenters. The van der Waals surface area contributed by atoms with Crippen LogP contribution in [0, 0.1) is 0 Å². The Balaban J connectivity index is 0.00000400. The number of likely N-dealkylation sites (N-methyl/N-ethyl adjacent to an activating group) is 1. The third-order valence-electron chi connectivity index (χ3n) is 3.01. The summed E-state index contributed by atoms with van der Waals surface area (Å²) < 4.78 is 10.4. The average Bonchev–Trinajstić information content (AvgIpc) is 2.37. The van der Waals surface area contributed by atoms with Gasteiger partial charge in [-0.1, -0.05) is 11.6 Å². The number of benzene rings is 1. The van der Waals surface area contributed by atoms with Crippen molar-refractivity contribution < 1.29 is 14.3 Å². The van der Waals surface area contributed by atoms with Crippen molar-refractivity contribution in [3.63, 3.8) is 0 Å². The van der Waals surface area contributed by atoms with Gasteiger partial charge in [-0.25, -0.2) is 4.79 Å². The van der Waals surface area contributed by atoms with Crippen LogP contribution in [-0.4, -0.2) is 43.2 Å². The van der Waals surface area contributed by atoms with Gasteiger partial charge in [-0.2, -0.15) is 0 Å². The van der Waals surface area contributed by atoms with E-state index in [1.807, 2.05) is 7.05 Å². The van der Waals surface area contributed by atoms with Gasteiger partial charge in [-0.3, -0.25) is 4.90 Å². The molecule has 0 spiro atoms. The summed E-state index contributed by atoms with van der Waals surface area (Å²) in [4.78, 5) is 13.6. The SMILES string of the molecule is CN(CCOC(=O)COc1ccc(Cl)cc1)C(C)(C)C.Cl. The van der Waals surface area contributed by atoms with E-state index in [-0.39, 0.29) is 30.5 Å². The van der Waals surface area contributed by atoms with Crippen LogP contribution in [0.2, 0.25) is 5.02 Å². The largest absolute Gasteiger partial charge is 0.482 e. The molecule has 0 saturated carbocycles. The van der Waals surface area contributed by atoms with Crippen molar-refractivity contribution in [3.8, 4) is 5.75 Å². The Hall–Kier alpha value is -0.970. The van der Waals surface area contributed by atoms with Crippen LogP contribution in [0.3, 0.4) is 0 Å². The zero-order chi connectivity index (χ0) is 15.2. The Morgan fingerprint density at radius 2 is 1.81 bits per heavy atom. The van der Waals surface area contributed by atoms with Crippen LogP contribution in [0.1, 0.15) is 20.8 Å². The molecule has 0 fully saturated rings. The average molecular weight is 336 g/mol. The lowest BCUT2D eigenvalue weighted by Crippen LogP contribution is -2.40. The molecular formula is C15H23Cl2NO3. The van der Waals surface area contributed by atoms with Gasteiger partial charge in [-0.05, 0) is 52.1 Å². The van der Waals surface area contributed by atoms with Crippen molar-refractivity contribution in [3.05, 3.63) is 29.3 Å². The summed E-state index contributed by atoms with van der Waals surface area (Å²) in [5, 5.41) is 0.630. The minimum absolute atomic E-state index is 0. The Bertz CT molecular complexity index is 430. The zero-order valence-corrected chi connectivity index (χ0v) is 14.5. The number of ether oxygens (including phenoxy) is 2. The first-order valence-electron chi connectivity index (χ1n) is 6.54. The predicted molar refractivity (Wildman–Crippen MR) is 87.5 cm³/mol. The van der Waals surface area contributed by atoms with Gasteiger partial charge in [0, 0.05) is 17.1 Å². The van der Waals surface area contributed by atoms with Crippen molar-refractivity contribution in [2.24, 2.45) is 0 Å². The van der Waals surface area contributed by atoms with E-state index in [0.717, 1.165) is 0 Å². The second-order valence-corrected chi connectivity index (χ2v) is 5.99. The maximum absolute atomic E-state index is 11.5. The number of nitrogens with zero attached hydrogens (tertiary/aromatic N) is 1. The lowest BCUT2D eigenvalue weighted by molar-refractivity contribution is -0.146. The fourth-order valence-corrected chi connectivity index (χ4v) is 1.47. The van der Waals surface area contributed by atoms with Crippen molar-refractivity contribution in [1.82, 2.24) is 4.90 Å². The summed E-state index contributed by atoms with van der Waals surface area (Å²) in [6.45, 7) is 7.28. The van der Waals surface area contributed by atoms with E-state index in [9.17, 15) is 4.79 Å². The number of hydrogen-bond acceptors (Lipinski definition) is 4. The number of esters is 1. The Morgan fingerprint density at radius 3 is 2.33 bits per heavy atom. The van der Waals surface area contributed by atoms with Gasteiger partial charge in [0.2, 0.25) is 0 Å². The third-order valence-corrected chi connectivity index (χ3v) is 3.26. The highest BCUT2D eigenvalue weighted by molar-refractivity contribution is 6.30. The monoisotopic (exact) mass is 335 g/mol. The maximum Gasteiger partial charge on any atom is 0.344 e. The molecule has 0 heterocycles. The van der Waals surface area contributed by atoms with Gasteiger partial charge in [0.05, 0.1) is 0 Å². The van der Waals surface area contributed by atoms with E-state index in [4.69, 9.17) is 21.1 Å². The number of rotatable bonds is 6. The van der Waals surface area contributed by atoms with E-state index in [1.54, 1.807) is 24.3 Å².